The molecule has 0 fully saturated rings. The van der Waals surface area contributed by atoms with Gasteiger partial charge in [0.1, 0.15) is 0 Å². The minimum atomic E-state index is -1.12. The highest BCUT2D eigenvalue weighted by molar-refractivity contribution is 6.79. The van der Waals surface area contributed by atoms with Gasteiger partial charge in [-0.1, -0.05) is 47.3 Å². The van der Waals surface area contributed by atoms with E-state index < -0.39 is 8.07 Å². The van der Waals surface area contributed by atoms with Crippen LogP contribution in [0.5, 0.6) is 0 Å². The molecule has 1 N–H and O–H groups in total. The highest BCUT2D eigenvalue weighted by atomic mass is 28.3. The molecule has 0 bridgehead atoms. The monoisotopic (exact) mass is 202 g/mol. The molecule has 0 aromatic rings. The fourth-order valence-corrected chi connectivity index (χ4v) is 2.53. The van der Waals surface area contributed by atoms with Crippen molar-refractivity contribution in [3.63, 3.8) is 0 Å². The van der Waals surface area contributed by atoms with Gasteiger partial charge in [0.2, 0.25) is 0 Å². The number of hydrogen-bond acceptors (Lipinski definition) is 1. The zero-order valence-corrected chi connectivity index (χ0v) is 11.4. The second-order valence-corrected chi connectivity index (χ2v) is 12.5. The van der Waals surface area contributed by atoms with Gasteiger partial charge in [-0.3, -0.25) is 0 Å². The van der Waals surface area contributed by atoms with Crippen LogP contribution in [0.3, 0.4) is 0 Å². The van der Waals surface area contributed by atoms with E-state index in [2.05, 4.69) is 47.3 Å². The van der Waals surface area contributed by atoms with Crippen LogP contribution in [0.4, 0.5) is 0 Å². The summed E-state index contributed by atoms with van der Waals surface area (Å²) < 4.78 is 0. The lowest BCUT2D eigenvalue weighted by molar-refractivity contribution is 0.137. The number of hydrogen-bond donors (Lipinski definition) is 1. The van der Waals surface area contributed by atoms with E-state index in [1.54, 1.807) is 0 Å². The predicted molar refractivity (Wildman–Crippen MR) is 62.9 cm³/mol. The van der Waals surface area contributed by atoms with Crippen molar-refractivity contribution in [2.24, 2.45) is 5.41 Å². The zero-order chi connectivity index (χ0) is 10.9. The lowest BCUT2D eigenvalue weighted by atomic mass is 9.84. The molecule has 0 aromatic heterocycles. The molecule has 0 saturated carbocycles. The van der Waals surface area contributed by atoms with Crippen LogP contribution in [0.2, 0.25) is 24.7 Å². The second kappa shape index (κ2) is 3.74. The quantitative estimate of drug-likeness (QED) is 0.692. The maximum atomic E-state index is 9.24. The topological polar surface area (TPSA) is 20.2 Å². The Balaban J connectivity index is 4.52. The Bertz CT molecular complexity index is 165. The van der Waals surface area contributed by atoms with Crippen LogP contribution in [0.15, 0.2) is 0 Å². The average molecular weight is 202 g/mol. The molecule has 0 spiro atoms. The van der Waals surface area contributed by atoms with E-state index >= 15 is 0 Å². The van der Waals surface area contributed by atoms with E-state index in [0.717, 1.165) is 6.42 Å². The second-order valence-electron chi connectivity index (χ2n) is 6.63. The standard InChI is InChI=1S/C11H26OSi/c1-10(2,9-12)8-11(3,4)13(5,6)7/h12H,8-9H2,1-7H3. The molecule has 0 atom stereocenters. The number of aliphatic hydroxyl groups is 1. The smallest absolute Gasteiger partial charge is 0.0499 e. The van der Waals surface area contributed by atoms with E-state index in [9.17, 15) is 5.11 Å². The van der Waals surface area contributed by atoms with E-state index in [1.165, 1.54) is 0 Å². The minimum absolute atomic E-state index is 0.0732. The Hall–Kier alpha value is 0.177. The van der Waals surface area contributed by atoms with Crippen molar-refractivity contribution < 1.29 is 5.11 Å². The fraction of sp³-hybridized carbons (Fsp3) is 1.00. The first-order valence-electron chi connectivity index (χ1n) is 5.13. The highest BCUT2D eigenvalue weighted by Crippen LogP contribution is 2.46. The van der Waals surface area contributed by atoms with Crippen molar-refractivity contribution in [1.82, 2.24) is 0 Å². The Morgan fingerprint density at radius 1 is 1.00 bits per heavy atom. The predicted octanol–water partition coefficient (Wildman–Crippen LogP) is 3.51. The highest BCUT2D eigenvalue weighted by Gasteiger charge is 2.38. The van der Waals surface area contributed by atoms with Gasteiger partial charge >= 0.3 is 0 Å². The van der Waals surface area contributed by atoms with Gasteiger partial charge in [-0.25, -0.2) is 0 Å². The summed E-state index contributed by atoms with van der Waals surface area (Å²) in [5.74, 6) is 0. The summed E-state index contributed by atoms with van der Waals surface area (Å²) in [7, 11) is -1.12. The summed E-state index contributed by atoms with van der Waals surface area (Å²) >= 11 is 0. The molecule has 0 rings (SSSR count). The van der Waals surface area contributed by atoms with Crippen LogP contribution in [-0.2, 0) is 0 Å². The Morgan fingerprint density at radius 2 is 1.38 bits per heavy atom. The molecular weight excluding hydrogens is 176 g/mol. The molecule has 2 heteroatoms. The Kier molecular flexibility index (Phi) is 3.79. The van der Waals surface area contributed by atoms with Gasteiger partial charge in [0.25, 0.3) is 0 Å². The summed E-state index contributed by atoms with van der Waals surface area (Å²) in [6.07, 6.45) is 1.12. The fourth-order valence-electron chi connectivity index (χ4n) is 1.52. The largest absolute Gasteiger partial charge is 0.396 e. The molecule has 0 amide bonds. The van der Waals surface area contributed by atoms with E-state index in [-0.39, 0.29) is 5.41 Å². The summed E-state index contributed by atoms with van der Waals surface area (Å²) in [4.78, 5) is 0. The molecule has 0 radical (unpaired) electrons. The van der Waals surface area contributed by atoms with Crippen LogP contribution in [0.1, 0.15) is 34.1 Å². The van der Waals surface area contributed by atoms with Crippen LogP contribution in [-0.4, -0.2) is 19.8 Å². The minimum Gasteiger partial charge on any atom is -0.396 e. The van der Waals surface area contributed by atoms with E-state index in [1.807, 2.05) is 0 Å². The summed E-state index contributed by atoms with van der Waals surface area (Å²) in [5, 5.41) is 9.64. The summed E-state index contributed by atoms with van der Waals surface area (Å²) in [5.41, 5.74) is 0.0732. The molecule has 80 valence electrons. The van der Waals surface area contributed by atoms with E-state index in [4.69, 9.17) is 0 Å². The normalized spacial score (nSPS) is 14.8. The third kappa shape index (κ3) is 3.82. The van der Waals surface area contributed by atoms with Crippen molar-refractivity contribution in [2.75, 3.05) is 6.61 Å². The molecule has 1 nitrogen and oxygen atoms in total. The number of aliphatic hydroxyl groups excluding tert-OH is 1. The molecule has 0 heterocycles. The first-order valence-corrected chi connectivity index (χ1v) is 8.63. The Labute approximate surface area is 84.6 Å². The lowest BCUT2D eigenvalue weighted by Crippen LogP contribution is -2.39. The molecule has 0 aliphatic rings. The third-order valence-corrected chi connectivity index (χ3v) is 7.62. The first-order chi connectivity index (χ1) is 5.52. The molecule has 0 unspecified atom stereocenters. The SMILES string of the molecule is CC(C)(CO)CC(C)(C)[Si](C)(C)C. The van der Waals surface area contributed by atoms with Crippen LogP contribution in [0.25, 0.3) is 0 Å². The van der Waals surface area contributed by atoms with Gasteiger partial charge in [-0.05, 0) is 16.9 Å². The number of rotatable bonds is 4. The van der Waals surface area contributed by atoms with Gasteiger partial charge in [0, 0.05) is 14.7 Å². The van der Waals surface area contributed by atoms with E-state index in [0.29, 0.717) is 11.6 Å². The average Bonchev–Trinajstić information content (AvgIpc) is 1.83. The molecule has 0 aliphatic carbocycles. The maximum Gasteiger partial charge on any atom is 0.0499 e. The van der Waals surface area contributed by atoms with Crippen molar-refractivity contribution in [3.05, 3.63) is 0 Å². The summed E-state index contributed by atoms with van der Waals surface area (Å²) in [6.45, 7) is 16.5. The van der Waals surface area contributed by atoms with Crippen molar-refractivity contribution >= 4 is 8.07 Å². The van der Waals surface area contributed by atoms with Crippen molar-refractivity contribution in [2.45, 2.75) is 58.8 Å². The first kappa shape index (κ1) is 13.2. The third-order valence-electron chi connectivity index (χ3n) is 3.38. The van der Waals surface area contributed by atoms with Crippen molar-refractivity contribution in [1.29, 1.82) is 0 Å². The zero-order valence-electron chi connectivity index (χ0n) is 10.4. The summed E-state index contributed by atoms with van der Waals surface area (Å²) in [6, 6.07) is 0. The molecule has 0 aromatic carbocycles. The Morgan fingerprint density at radius 3 is 1.62 bits per heavy atom. The van der Waals surface area contributed by atoms with Gasteiger partial charge in [-0.15, -0.1) is 0 Å². The molecule has 13 heavy (non-hydrogen) atoms. The molecular formula is C11H26OSi. The van der Waals surface area contributed by atoms with Gasteiger partial charge in [0.05, 0.1) is 0 Å². The van der Waals surface area contributed by atoms with Gasteiger partial charge < -0.3 is 5.11 Å². The van der Waals surface area contributed by atoms with Gasteiger partial charge in [0.15, 0.2) is 0 Å². The maximum absolute atomic E-state index is 9.24. The molecule has 0 aliphatic heterocycles. The van der Waals surface area contributed by atoms with Crippen molar-refractivity contribution in [3.8, 4) is 0 Å². The van der Waals surface area contributed by atoms with Crippen LogP contribution >= 0.6 is 0 Å². The van der Waals surface area contributed by atoms with Gasteiger partial charge in [-0.2, -0.15) is 0 Å². The molecule has 0 saturated heterocycles. The van der Waals surface area contributed by atoms with Crippen LogP contribution in [0, 0.1) is 5.41 Å². The lowest BCUT2D eigenvalue weighted by Gasteiger charge is -2.42. The van der Waals surface area contributed by atoms with Crippen LogP contribution < -0.4 is 0 Å².